The lowest BCUT2D eigenvalue weighted by molar-refractivity contribution is 0.102. The van der Waals surface area contributed by atoms with E-state index >= 15 is 0 Å². The number of aryl methyl sites for hydroxylation is 1. The second-order valence-corrected chi connectivity index (χ2v) is 8.32. The molecule has 0 aliphatic carbocycles. The molecule has 5 rings (SSSR count). The van der Waals surface area contributed by atoms with Crippen molar-refractivity contribution in [3.63, 3.8) is 0 Å². The molecule has 1 aliphatic heterocycles. The number of hydrogen-bond acceptors (Lipinski definition) is 5. The molecule has 0 spiro atoms. The molecule has 0 saturated carbocycles. The molecule has 2 aromatic heterocycles. The fraction of sp³-hybridized carbons (Fsp3) is 0.240. The molecule has 2 aromatic carbocycles. The lowest BCUT2D eigenvalue weighted by atomic mass is 10.0. The van der Waals surface area contributed by atoms with Crippen LogP contribution in [0.4, 0.5) is 15.9 Å². The summed E-state index contributed by atoms with van der Waals surface area (Å²) in [7, 11) is 0. The standard InChI is InChI=1S/C25H25FN6O/c1-16-13-18(17-4-7-19(26)8-5-17)6-9-22(16)30-25(33)21-15-28-32-12-10-23(31-24(21)32)29-20-3-2-11-27-14-20/h4-10,12-13,15,20,27H,2-3,11,14H2,1H3,(H,29,31)(H,30,33)/t20-/m1/s1. The van der Waals surface area contributed by atoms with Crippen LogP contribution in [0.1, 0.15) is 28.8 Å². The van der Waals surface area contributed by atoms with Gasteiger partial charge in [0.1, 0.15) is 17.2 Å². The Morgan fingerprint density at radius 1 is 1.15 bits per heavy atom. The van der Waals surface area contributed by atoms with Crippen molar-refractivity contribution < 1.29 is 9.18 Å². The maximum atomic E-state index is 13.2. The first kappa shape index (κ1) is 21.1. The van der Waals surface area contributed by atoms with E-state index in [2.05, 4.69) is 26.0 Å². The van der Waals surface area contributed by atoms with Gasteiger partial charge in [0.2, 0.25) is 0 Å². The fourth-order valence-electron chi connectivity index (χ4n) is 4.11. The first-order valence-electron chi connectivity index (χ1n) is 11.1. The van der Waals surface area contributed by atoms with Gasteiger partial charge < -0.3 is 16.0 Å². The monoisotopic (exact) mass is 444 g/mol. The highest BCUT2D eigenvalue weighted by Gasteiger charge is 2.18. The number of benzene rings is 2. The normalized spacial score (nSPS) is 16.0. The summed E-state index contributed by atoms with van der Waals surface area (Å²) in [6.45, 7) is 3.87. The van der Waals surface area contributed by atoms with Crippen LogP contribution in [0.25, 0.3) is 16.8 Å². The average Bonchev–Trinajstić information content (AvgIpc) is 3.25. The number of rotatable bonds is 5. The minimum absolute atomic E-state index is 0.268. The number of fused-ring (bicyclic) bond motifs is 1. The molecule has 1 aliphatic rings. The molecule has 0 unspecified atom stereocenters. The largest absolute Gasteiger partial charge is 0.366 e. The summed E-state index contributed by atoms with van der Waals surface area (Å²) in [5, 5.41) is 14.1. The molecule has 4 aromatic rings. The quantitative estimate of drug-likeness (QED) is 0.428. The van der Waals surface area contributed by atoms with Gasteiger partial charge in [-0.05, 0) is 73.3 Å². The lowest BCUT2D eigenvalue weighted by Crippen LogP contribution is -2.38. The number of nitrogens with one attached hydrogen (secondary N) is 3. The third kappa shape index (κ3) is 4.56. The minimum atomic E-state index is -0.272. The van der Waals surface area contributed by atoms with Gasteiger partial charge in [-0.25, -0.2) is 13.9 Å². The fourth-order valence-corrected chi connectivity index (χ4v) is 4.11. The second-order valence-electron chi connectivity index (χ2n) is 8.32. The molecule has 1 saturated heterocycles. The highest BCUT2D eigenvalue weighted by atomic mass is 19.1. The van der Waals surface area contributed by atoms with Gasteiger partial charge in [-0.1, -0.05) is 18.2 Å². The van der Waals surface area contributed by atoms with Gasteiger partial charge in [-0.15, -0.1) is 0 Å². The molecular weight excluding hydrogens is 419 g/mol. The SMILES string of the molecule is Cc1cc(-c2ccc(F)cc2)ccc1NC(=O)c1cnn2ccc(N[C@@H]3CCCNC3)nc12. The summed E-state index contributed by atoms with van der Waals surface area (Å²) in [5.74, 6) is 0.187. The Kier molecular flexibility index (Phi) is 5.75. The van der Waals surface area contributed by atoms with E-state index in [1.165, 1.54) is 18.3 Å². The number of anilines is 2. The first-order valence-corrected chi connectivity index (χ1v) is 11.1. The van der Waals surface area contributed by atoms with Crippen molar-refractivity contribution in [2.45, 2.75) is 25.8 Å². The highest BCUT2D eigenvalue weighted by molar-refractivity contribution is 6.08. The molecule has 168 valence electrons. The van der Waals surface area contributed by atoms with Crippen LogP contribution >= 0.6 is 0 Å². The Bertz CT molecular complexity index is 1290. The molecule has 33 heavy (non-hydrogen) atoms. The summed E-state index contributed by atoms with van der Waals surface area (Å²) in [6.07, 6.45) is 5.55. The van der Waals surface area contributed by atoms with Gasteiger partial charge >= 0.3 is 0 Å². The molecule has 1 amide bonds. The molecule has 0 radical (unpaired) electrons. The molecule has 0 bridgehead atoms. The van der Waals surface area contributed by atoms with E-state index in [0.717, 1.165) is 48.4 Å². The van der Waals surface area contributed by atoms with Crippen molar-refractivity contribution in [1.82, 2.24) is 19.9 Å². The van der Waals surface area contributed by atoms with Crippen LogP contribution in [0.3, 0.4) is 0 Å². The zero-order valence-electron chi connectivity index (χ0n) is 18.3. The number of amides is 1. The zero-order chi connectivity index (χ0) is 22.8. The van der Waals surface area contributed by atoms with Gasteiger partial charge in [0.05, 0.1) is 6.20 Å². The molecule has 1 atom stereocenters. The summed E-state index contributed by atoms with van der Waals surface area (Å²) in [4.78, 5) is 17.7. The Morgan fingerprint density at radius 3 is 2.73 bits per heavy atom. The van der Waals surface area contributed by atoms with Crippen LogP contribution in [0, 0.1) is 12.7 Å². The Labute approximate surface area is 191 Å². The number of nitrogens with zero attached hydrogens (tertiary/aromatic N) is 3. The highest BCUT2D eigenvalue weighted by Crippen LogP contribution is 2.26. The maximum Gasteiger partial charge on any atom is 0.261 e. The number of hydrogen-bond donors (Lipinski definition) is 3. The Balaban J connectivity index is 1.35. The molecule has 3 heterocycles. The third-order valence-electron chi connectivity index (χ3n) is 5.91. The number of carbonyl (C=O) groups is 1. The van der Waals surface area contributed by atoms with Crippen molar-refractivity contribution in [2.75, 3.05) is 23.7 Å². The smallest absolute Gasteiger partial charge is 0.261 e. The number of carbonyl (C=O) groups excluding carboxylic acids is 1. The lowest BCUT2D eigenvalue weighted by Gasteiger charge is -2.24. The average molecular weight is 445 g/mol. The van der Waals surface area contributed by atoms with E-state index in [1.54, 1.807) is 22.8 Å². The van der Waals surface area contributed by atoms with E-state index in [-0.39, 0.29) is 11.7 Å². The van der Waals surface area contributed by atoms with Gasteiger partial charge in [-0.2, -0.15) is 5.10 Å². The number of aromatic nitrogens is 3. The molecule has 7 nitrogen and oxygen atoms in total. The molecular formula is C25H25FN6O. The van der Waals surface area contributed by atoms with Crippen molar-refractivity contribution in [3.05, 3.63) is 77.9 Å². The number of piperidine rings is 1. The summed E-state index contributed by atoms with van der Waals surface area (Å²) in [6, 6.07) is 14.3. The van der Waals surface area contributed by atoms with Gasteiger partial charge in [0.15, 0.2) is 5.65 Å². The van der Waals surface area contributed by atoms with Crippen molar-refractivity contribution in [1.29, 1.82) is 0 Å². The summed E-state index contributed by atoms with van der Waals surface area (Å²) in [5.41, 5.74) is 4.38. The summed E-state index contributed by atoms with van der Waals surface area (Å²) < 4.78 is 14.8. The Hall–Kier alpha value is -3.78. The van der Waals surface area contributed by atoms with E-state index in [0.29, 0.717) is 22.9 Å². The second kappa shape index (κ2) is 8.99. The van der Waals surface area contributed by atoms with Crippen LogP contribution in [0.5, 0.6) is 0 Å². The van der Waals surface area contributed by atoms with Gasteiger partial charge in [-0.3, -0.25) is 4.79 Å². The van der Waals surface area contributed by atoms with E-state index in [1.807, 2.05) is 31.2 Å². The predicted molar refractivity (Wildman–Crippen MR) is 127 cm³/mol. The third-order valence-corrected chi connectivity index (χ3v) is 5.91. The number of halogens is 1. The van der Waals surface area contributed by atoms with Crippen LogP contribution in [0.15, 0.2) is 60.9 Å². The molecule has 3 N–H and O–H groups in total. The van der Waals surface area contributed by atoms with Crippen molar-refractivity contribution >= 4 is 23.1 Å². The van der Waals surface area contributed by atoms with Crippen molar-refractivity contribution in [3.8, 4) is 11.1 Å². The Morgan fingerprint density at radius 2 is 1.97 bits per heavy atom. The first-order chi connectivity index (χ1) is 16.1. The van der Waals surface area contributed by atoms with Gasteiger partial charge in [0.25, 0.3) is 5.91 Å². The molecule has 8 heteroatoms. The van der Waals surface area contributed by atoms with Crippen LogP contribution in [-0.4, -0.2) is 39.6 Å². The molecule has 1 fully saturated rings. The van der Waals surface area contributed by atoms with Crippen molar-refractivity contribution in [2.24, 2.45) is 0 Å². The predicted octanol–water partition coefficient (Wildman–Crippen LogP) is 4.26. The van der Waals surface area contributed by atoms with Crippen LogP contribution in [-0.2, 0) is 0 Å². The van der Waals surface area contributed by atoms with E-state index in [4.69, 9.17) is 0 Å². The van der Waals surface area contributed by atoms with E-state index in [9.17, 15) is 9.18 Å². The summed E-state index contributed by atoms with van der Waals surface area (Å²) >= 11 is 0. The van der Waals surface area contributed by atoms with Crippen LogP contribution < -0.4 is 16.0 Å². The van der Waals surface area contributed by atoms with E-state index < -0.39 is 0 Å². The zero-order valence-corrected chi connectivity index (χ0v) is 18.3. The topological polar surface area (TPSA) is 83.4 Å². The minimum Gasteiger partial charge on any atom is -0.366 e. The van der Waals surface area contributed by atoms with Gasteiger partial charge in [0, 0.05) is 24.5 Å². The van der Waals surface area contributed by atoms with Crippen LogP contribution in [0.2, 0.25) is 0 Å². The maximum absolute atomic E-state index is 13.2.